The second kappa shape index (κ2) is 11.1. The average molecular weight is 564 g/mol. The molecule has 224 valence electrons. The summed E-state index contributed by atoms with van der Waals surface area (Å²) in [5.74, 6) is 1.08. The van der Waals surface area contributed by atoms with Crippen LogP contribution in [0.1, 0.15) is 113 Å². The van der Waals surface area contributed by atoms with Crippen LogP contribution >= 0.6 is 0 Å². The van der Waals surface area contributed by atoms with Crippen LogP contribution in [0.25, 0.3) is 11.3 Å². The Kier molecular flexibility index (Phi) is 8.05. The summed E-state index contributed by atoms with van der Waals surface area (Å²) in [6.07, 6.45) is 9.82. The summed E-state index contributed by atoms with van der Waals surface area (Å²) < 4.78 is 8.74. The Bertz CT molecular complexity index is 1290. The normalized spacial score (nSPS) is 18.5. The SMILES string of the molecule is Cc1c(C(=O)NCC(C)(C)NC(=O)CO)cc(-c2cc(C(C)(C)C)c3c(c2)C2(CCO3)CC2)n1CC1CCCCC1. The molecule has 3 aliphatic rings. The number of aliphatic hydroxyl groups is 1. The minimum absolute atomic E-state index is 0.0753. The van der Waals surface area contributed by atoms with Gasteiger partial charge in [0.05, 0.1) is 17.7 Å². The maximum Gasteiger partial charge on any atom is 0.253 e. The Morgan fingerprint density at radius 3 is 2.39 bits per heavy atom. The van der Waals surface area contributed by atoms with E-state index < -0.39 is 18.1 Å². The second-order valence-electron chi connectivity index (χ2n) is 14.4. The minimum Gasteiger partial charge on any atom is -0.493 e. The zero-order chi connectivity index (χ0) is 29.6. The lowest BCUT2D eigenvalue weighted by Crippen LogP contribution is -2.52. The van der Waals surface area contributed by atoms with Crippen molar-refractivity contribution in [3.8, 4) is 17.0 Å². The number of hydrogen-bond acceptors (Lipinski definition) is 4. The highest BCUT2D eigenvalue weighted by Gasteiger charge is 2.49. The molecule has 2 aromatic rings. The summed E-state index contributed by atoms with van der Waals surface area (Å²) in [4.78, 5) is 25.4. The maximum absolute atomic E-state index is 13.6. The highest BCUT2D eigenvalue weighted by atomic mass is 16.5. The lowest BCUT2D eigenvalue weighted by atomic mass is 9.79. The fourth-order valence-corrected chi connectivity index (χ4v) is 6.87. The molecule has 0 saturated heterocycles. The topological polar surface area (TPSA) is 92.6 Å². The zero-order valence-corrected chi connectivity index (χ0v) is 25.9. The number of amides is 2. The first-order valence-corrected chi connectivity index (χ1v) is 15.6. The van der Waals surface area contributed by atoms with Gasteiger partial charge in [0, 0.05) is 41.0 Å². The number of carbonyl (C=O) groups excluding carboxylic acids is 2. The lowest BCUT2D eigenvalue weighted by molar-refractivity contribution is -0.125. The number of rotatable bonds is 8. The third-order valence-electron chi connectivity index (χ3n) is 9.53. The first-order chi connectivity index (χ1) is 19.3. The number of fused-ring (bicyclic) bond motifs is 2. The summed E-state index contributed by atoms with van der Waals surface area (Å²) in [6, 6.07) is 6.74. The van der Waals surface area contributed by atoms with Crippen LogP contribution in [0.3, 0.4) is 0 Å². The number of nitrogens with one attached hydrogen (secondary N) is 2. The van der Waals surface area contributed by atoms with Crippen molar-refractivity contribution in [1.29, 1.82) is 0 Å². The van der Waals surface area contributed by atoms with E-state index in [9.17, 15) is 9.59 Å². The Balaban J connectivity index is 1.55. The van der Waals surface area contributed by atoms with Gasteiger partial charge in [0.1, 0.15) is 12.4 Å². The van der Waals surface area contributed by atoms with Crippen molar-refractivity contribution in [3.05, 3.63) is 40.6 Å². The number of nitrogens with zero attached hydrogens (tertiary/aromatic N) is 1. The number of carbonyl (C=O) groups is 2. The Labute approximate surface area is 245 Å². The van der Waals surface area contributed by atoms with E-state index in [1.807, 2.05) is 13.8 Å². The summed E-state index contributed by atoms with van der Waals surface area (Å²) in [5, 5.41) is 14.9. The number of aromatic nitrogens is 1. The largest absolute Gasteiger partial charge is 0.493 e. The minimum atomic E-state index is -0.685. The van der Waals surface area contributed by atoms with E-state index in [0.29, 0.717) is 11.5 Å². The highest BCUT2D eigenvalue weighted by Crippen LogP contribution is 2.58. The predicted molar refractivity (Wildman–Crippen MR) is 163 cm³/mol. The molecule has 1 aromatic carbocycles. The van der Waals surface area contributed by atoms with E-state index in [4.69, 9.17) is 9.84 Å². The molecule has 0 bridgehead atoms. The standard InChI is InChI=1S/C34H49N3O4/c1-22-25(31(40)35-21-33(5,6)36-29(39)20-38)18-28(37(22)19-23-10-8-7-9-11-23)24-16-26(32(2,3)4)30-27(17-24)34(12-13-34)14-15-41-30/h16-18,23,38H,7-15,19-21H2,1-6H3,(H,35,40)(H,36,39). The molecule has 7 heteroatoms. The summed E-state index contributed by atoms with van der Waals surface area (Å²) in [7, 11) is 0. The van der Waals surface area contributed by atoms with E-state index in [0.717, 1.165) is 36.7 Å². The molecule has 1 aliphatic heterocycles. The molecule has 2 amide bonds. The maximum atomic E-state index is 13.6. The molecule has 5 rings (SSSR count). The first-order valence-electron chi connectivity index (χ1n) is 15.6. The average Bonchev–Trinajstić information content (AvgIpc) is 3.63. The van der Waals surface area contributed by atoms with Gasteiger partial charge in [-0.1, -0.05) is 40.0 Å². The van der Waals surface area contributed by atoms with Gasteiger partial charge in [0.15, 0.2) is 0 Å². The fourth-order valence-electron chi connectivity index (χ4n) is 6.87. The highest BCUT2D eigenvalue weighted by molar-refractivity contribution is 5.97. The van der Waals surface area contributed by atoms with Gasteiger partial charge >= 0.3 is 0 Å². The van der Waals surface area contributed by atoms with Gasteiger partial charge in [0.2, 0.25) is 5.91 Å². The summed E-state index contributed by atoms with van der Waals surface area (Å²) in [6.45, 7) is 13.9. The van der Waals surface area contributed by atoms with Crippen molar-refractivity contribution in [1.82, 2.24) is 15.2 Å². The van der Waals surface area contributed by atoms with Gasteiger partial charge in [-0.15, -0.1) is 0 Å². The van der Waals surface area contributed by atoms with Gasteiger partial charge in [-0.05, 0) is 88.0 Å². The smallest absolute Gasteiger partial charge is 0.253 e. The van der Waals surface area contributed by atoms with Crippen LogP contribution in [0.4, 0.5) is 0 Å². The molecule has 2 aliphatic carbocycles. The third-order valence-corrected chi connectivity index (χ3v) is 9.53. The molecule has 1 spiro atoms. The van der Waals surface area contributed by atoms with Crippen molar-refractivity contribution in [2.75, 3.05) is 19.8 Å². The molecular formula is C34H49N3O4. The van der Waals surface area contributed by atoms with Crippen LogP contribution in [0.2, 0.25) is 0 Å². The number of benzene rings is 1. The molecule has 2 saturated carbocycles. The van der Waals surface area contributed by atoms with Gasteiger partial charge in [-0.25, -0.2) is 0 Å². The number of hydrogen-bond donors (Lipinski definition) is 3. The van der Waals surface area contributed by atoms with Crippen molar-refractivity contribution in [2.24, 2.45) is 5.92 Å². The van der Waals surface area contributed by atoms with E-state index in [1.54, 1.807) is 0 Å². The molecule has 7 nitrogen and oxygen atoms in total. The fraction of sp³-hybridized carbons (Fsp3) is 0.647. The van der Waals surface area contributed by atoms with E-state index in [2.05, 4.69) is 61.1 Å². The molecule has 0 atom stereocenters. The lowest BCUT2D eigenvalue weighted by Gasteiger charge is -2.33. The van der Waals surface area contributed by atoms with Gasteiger partial charge in [-0.3, -0.25) is 9.59 Å². The van der Waals surface area contributed by atoms with Crippen molar-refractivity contribution in [3.63, 3.8) is 0 Å². The van der Waals surface area contributed by atoms with Crippen LogP contribution in [-0.4, -0.2) is 46.8 Å². The van der Waals surface area contributed by atoms with Gasteiger partial charge < -0.3 is 25.0 Å². The van der Waals surface area contributed by atoms with Gasteiger partial charge in [0.25, 0.3) is 5.91 Å². The third kappa shape index (κ3) is 6.20. The summed E-state index contributed by atoms with van der Waals surface area (Å²) >= 11 is 0. The van der Waals surface area contributed by atoms with Gasteiger partial charge in [-0.2, -0.15) is 0 Å². The molecular weight excluding hydrogens is 514 g/mol. The van der Waals surface area contributed by atoms with Crippen LogP contribution in [0.15, 0.2) is 18.2 Å². The second-order valence-corrected chi connectivity index (χ2v) is 14.4. The zero-order valence-electron chi connectivity index (χ0n) is 25.9. The number of aliphatic hydroxyl groups excluding tert-OH is 1. The molecule has 2 heterocycles. The van der Waals surface area contributed by atoms with Crippen LogP contribution in [0, 0.1) is 12.8 Å². The van der Waals surface area contributed by atoms with Crippen LogP contribution < -0.4 is 15.4 Å². The van der Waals surface area contributed by atoms with Crippen molar-refractivity contribution >= 4 is 11.8 Å². The van der Waals surface area contributed by atoms with Crippen LogP contribution in [0.5, 0.6) is 5.75 Å². The van der Waals surface area contributed by atoms with Crippen LogP contribution in [-0.2, 0) is 22.2 Å². The van der Waals surface area contributed by atoms with Crippen molar-refractivity contribution < 1.29 is 19.4 Å². The van der Waals surface area contributed by atoms with Crippen molar-refractivity contribution in [2.45, 2.75) is 116 Å². The molecule has 0 unspecified atom stereocenters. The molecule has 3 N–H and O–H groups in total. The van der Waals surface area contributed by atoms with E-state index in [-0.39, 0.29) is 23.3 Å². The quantitative estimate of drug-likeness (QED) is 0.380. The number of ether oxygens (including phenoxy) is 1. The monoisotopic (exact) mass is 563 g/mol. The first kappa shape index (κ1) is 29.7. The predicted octanol–water partition coefficient (Wildman–Crippen LogP) is 5.77. The molecule has 0 radical (unpaired) electrons. The molecule has 2 fully saturated rings. The Morgan fingerprint density at radius 1 is 1.05 bits per heavy atom. The summed E-state index contributed by atoms with van der Waals surface area (Å²) in [5.41, 5.74) is 5.99. The molecule has 41 heavy (non-hydrogen) atoms. The Morgan fingerprint density at radius 2 is 1.76 bits per heavy atom. The van der Waals surface area contributed by atoms with E-state index in [1.165, 1.54) is 61.6 Å². The van der Waals surface area contributed by atoms with E-state index >= 15 is 0 Å². The Hall–Kier alpha value is -2.80. The molecule has 1 aromatic heterocycles.